The van der Waals surface area contributed by atoms with E-state index in [1.54, 1.807) is 19.4 Å². The number of urea groups is 1. The Kier molecular flexibility index (Phi) is 6.93. The number of hydrogen-bond acceptors (Lipinski definition) is 5. The van der Waals surface area contributed by atoms with Gasteiger partial charge in [-0.15, -0.1) is 0 Å². The molecule has 0 radical (unpaired) electrons. The van der Waals surface area contributed by atoms with Gasteiger partial charge in [0, 0.05) is 61.0 Å². The number of amides is 2. The zero-order valence-electron chi connectivity index (χ0n) is 20.7. The Hall–Kier alpha value is -3.43. The first-order chi connectivity index (χ1) is 17.5. The molecule has 1 aromatic carbocycles. The highest BCUT2D eigenvalue weighted by Gasteiger charge is 2.32. The molecular formula is C27H32FN5O3. The number of nitrogens with one attached hydrogen (secondary N) is 3. The van der Waals surface area contributed by atoms with Gasteiger partial charge in [-0.25, -0.2) is 14.2 Å². The highest BCUT2D eigenvalue weighted by atomic mass is 19.1. The van der Waals surface area contributed by atoms with Crippen LogP contribution < -0.4 is 15.4 Å². The molecule has 0 spiro atoms. The van der Waals surface area contributed by atoms with E-state index in [0.717, 1.165) is 60.6 Å². The quantitative estimate of drug-likeness (QED) is 0.415. The van der Waals surface area contributed by atoms with Crippen LogP contribution in [-0.4, -0.2) is 73.9 Å². The SMILES string of the molecule is COc1ccc(F)cc1-c1ccnc2[nH]c(C3=CCN(C(=O)NCCNCC4(C)COC4)CC3)cc12. The average molecular weight is 494 g/mol. The van der Waals surface area contributed by atoms with Crippen molar-refractivity contribution in [1.82, 2.24) is 25.5 Å². The largest absolute Gasteiger partial charge is 0.496 e. The van der Waals surface area contributed by atoms with E-state index >= 15 is 0 Å². The van der Waals surface area contributed by atoms with Crippen LogP contribution in [0.2, 0.25) is 0 Å². The highest BCUT2D eigenvalue weighted by Crippen LogP contribution is 2.36. The molecular weight excluding hydrogens is 461 g/mol. The zero-order chi connectivity index (χ0) is 25.1. The summed E-state index contributed by atoms with van der Waals surface area (Å²) < 4.78 is 24.7. The van der Waals surface area contributed by atoms with Crippen molar-refractivity contribution < 1.29 is 18.7 Å². The summed E-state index contributed by atoms with van der Waals surface area (Å²) in [7, 11) is 1.58. The summed E-state index contributed by atoms with van der Waals surface area (Å²) >= 11 is 0. The summed E-state index contributed by atoms with van der Waals surface area (Å²) in [6.07, 6.45) is 4.51. The van der Waals surface area contributed by atoms with Crippen molar-refractivity contribution in [2.75, 3.05) is 53.0 Å². The van der Waals surface area contributed by atoms with E-state index < -0.39 is 0 Å². The van der Waals surface area contributed by atoms with Gasteiger partial charge in [0.05, 0.1) is 20.3 Å². The van der Waals surface area contributed by atoms with E-state index in [1.165, 1.54) is 12.1 Å². The fourth-order valence-electron chi connectivity index (χ4n) is 4.74. The molecule has 0 aliphatic carbocycles. The summed E-state index contributed by atoms with van der Waals surface area (Å²) in [5.41, 5.74) is 4.57. The first kappa shape index (κ1) is 24.3. The minimum Gasteiger partial charge on any atom is -0.496 e. The van der Waals surface area contributed by atoms with Crippen molar-refractivity contribution in [2.24, 2.45) is 5.41 Å². The maximum atomic E-state index is 14.0. The molecule has 0 atom stereocenters. The molecule has 2 aliphatic rings. The highest BCUT2D eigenvalue weighted by molar-refractivity contribution is 5.96. The van der Waals surface area contributed by atoms with Gasteiger partial charge in [-0.2, -0.15) is 0 Å². The van der Waals surface area contributed by atoms with Gasteiger partial charge in [-0.05, 0) is 47.9 Å². The Morgan fingerprint density at radius 3 is 2.83 bits per heavy atom. The number of benzene rings is 1. The fraction of sp³-hybridized carbons (Fsp3) is 0.407. The Morgan fingerprint density at radius 2 is 2.11 bits per heavy atom. The van der Waals surface area contributed by atoms with E-state index in [0.29, 0.717) is 30.9 Å². The van der Waals surface area contributed by atoms with E-state index in [4.69, 9.17) is 9.47 Å². The molecule has 2 amide bonds. The molecule has 8 nitrogen and oxygen atoms in total. The Balaban J connectivity index is 1.22. The lowest BCUT2D eigenvalue weighted by molar-refractivity contribution is -0.0988. The van der Waals surface area contributed by atoms with Crippen LogP contribution in [0.1, 0.15) is 19.0 Å². The summed E-state index contributed by atoms with van der Waals surface area (Å²) in [6, 6.07) is 8.36. The molecule has 36 heavy (non-hydrogen) atoms. The monoisotopic (exact) mass is 493 g/mol. The Labute approximate surface area is 209 Å². The number of carbonyl (C=O) groups is 1. The summed E-state index contributed by atoms with van der Waals surface area (Å²) in [6.45, 7) is 7.17. The number of halogens is 1. The number of methoxy groups -OCH3 is 1. The van der Waals surface area contributed by atoms with E-state index in [-0.39, 0.29) is 17.3 Å². The van der Waals surface area contributed by atoms with Crippen LogP contribution in [0.5, 0.6) is 5.75 Å². The van der Waals surface area contributed by atoms with Crippen molar-refractivity contribution >= 4 is 22.6 Å². The predicted molar refractivity (Wildman–Crippen MR) is 137 cm³/mol. The number of pyridine rings is 1. The van der Waals surface area contributed by atoms with Gasteiger partial charge in [-0.1, -0.05) is 13.0 Å². The third kappa shape index (κ3) is 5.08. The molecule has 3 N–H and O–H groups in total. The second-order valence-corrected chi connectivity index (χ2v) is 9.79. The summed E-state index contributed by atoms with van der Waals surface area (Å²) in [5, 5.41) is 7.28. The molecule has 0 unspecified atom stereocenters. The number of aromatic nitrogens is 2. The minimum atomic E-state index is -0.321. The molecule has 2 aromatic heterocycles. The lowest BCUT2D eigenvalue weighted by atomic mass is 9.89. The Morgan fingerprint density at radius 1 is 1.25 bits per heavy atom. The van der Waals surface area contributed by atoms with Crippen LogP contribution in [0.3, 0.4) is 0 Å². The van der Waals surface area contributed by atoms with Gasteiger partial charge in [0.2, 0.25) is 0 Å². The molecule has 190 valence electrons. The predicted octanol–water partition coefficient (Wildman–Crippen LogP) is 3.80. The van der Waals surface area contributed by atoms with Crippen LogP contribution in [0.15, 0.2) is 42.6 Å². The third-order valence-corrected chi connectivity index (χ3v) is 6.86. The molecule has 0 saturated carbocycles. The maximum absolute atomic E-state index is 14.0. The smallest absolute Gasteiger partial charge is 0.317 e. The van der Waals surface area contributed by atoms with E-state index in [1.807, 2.05) is 17.0 Å². The van der Waals surface area contributed by atoms with E-state index in [9.17, 15) is 9.18 Å². The molecule has 4 heterocycles. The number of hydrogen-bond donors (Lipinski definition) is 3. The van der Waals surface area contributed by atoms with Gasteiger partial charge in [0.25, 0.3) is 0 Å². The number of ether oxygens (including phenoxy) is 2. The summed E-state index contributed by atoms with van der Waals surface area (Å²) in [5.74, 6) is 0.282. The molecule has 1 fully saturated rings. The maximum Gasteiger partial charge on any atom is 0.317 e. The fourth-order valence-corrected chi connectivity index (χ4v) is 4.74. The van der Waals surface area contributed by atoms with Crippen LogP contribution in [0.25, 0.3) is 27.7 Å². The van der Waals surface area contributed by atoms with Crippen LogP contribution in [0.4, 0.5) is 9.18 Å². The van der Waals surface area contributed by atoms with Crippen molar-refractivity contribution in [3.05, 3.63) is 54.1 Å². The van der Waals surface area contributed by atoms with Gasteiger partial charge >= 0.3 is 6.03 Å². The normalized spacial score (nSPS) is 17.0. The molecule has 0 bridgehead atoms. The zero-order valence-corrected chi connectivity index (χ0v) is 20.7. The van der Waals surface area contributed by atoms with Crippen molar-refractivity contribution in [1.29, 1.82) is 0 Å². The number of aromatic amines is 1. The van der Waals surface area contributed by atoms with Crippen LogP contribution >= 0.6 is 0 Å². The van der Waals surface area contributed by atoms with Gasteiger partial charge in [-0.3, -0.25) is 0 Å². The standard InChI is InChI=1S/C27H32FN5O3/c1-27(16-36-17-27)15-29-9-10-31-26(34)33-11-6-18(7-12-33)23-14-22-20(5-8-30-25(22)32-23)21-13-19(28)3-4-24(21)35-2/h3-6,8,13-14,29H,7,9-12,15-17H2,1-2H3,(H,30,32)(H,31,34). The minimum absolute atomic E-state index is 0.0518. The average Bonchev–Trinajstić information content (AvgIpc) is 3.32. The first-order valence-electron chi connectivity index (χ1n) is 12.3. The van der Waals surface area contributed by atoms with Crippen LogP contribution in [-0.2, 0) is 4.74 Å². The lowest BCUT2D eigenvalue weighted by Crippen LogP contribution is -2.49. The number of nitrogens with zero attached hydrogens (tertiary/aromatic N) is 2. The lowest BCUT2D eigenvalue weighted by Gasteiger charge is -2.38. The van der Waals surface area contributed by atoms with Gasteiger partial charge in [0.15, 0.2) is 0 Å². The number of fused-ring (bicyclic) bond motifs is 1. The van der Waals surface area contributed by atoms with Gasteiger partial charge in [0.1, 0.15) is 17.2 Å². The van der Waals surface area contributed by atoms with Crippen molar-refractivity contribution in [3.63, 3.8) is 0 Å². The number of carbonyl (C=O) groups excluding carboxylic acids is 1. The van der Waals surface area contributed by atoms with Crippen LogP contribution in [0, 0.1) is 11.2 Å². The van der Waals surface area contributed by atoms with Crippen molar-refractivity contribution in [2.45, 2.75) is 13.3 Å². The Bertz CT molecular complexity index is 1280. The molecule has 2 aliphatic heterocycles. The molecule has 1 saturated heterocycles. The second kappa shape index (κ2) is 10.3. The van der Waals surface area contributed by atoms with Crippen molar-refractivity contribution in [3.8, 4) is 16.9 Å². The number of H-pyrrole nitrogens is 1. The van der Waals surface area contributed by atoms with Gasteiger partial charge < -0.3 is 30.0 Å². The topological polar surface area (TPSA) is 91.5 Å². The second-order valence-electron chi connectivity index (χ2n) is 9.79. The summed E-state index contributed by atoms with van der Waals surface area (Å²) in [4.78, 5) is 22.3. The third-order valence-electron chi connectivity index (χ3n) is 6.86. The molecule has 3 aromatic rings. The molecule has 5 rings (SSSR count). The first-order valence-corrected chi connectivity index (χ1v) is 12.3. The van der Waals surface area contributed by atoms with E-state index in [2.05, 4.69) is 33.6 Å². The number of rotatable bonds is 8. The molecule has 9 heteroatoms.